The third-order valence-corrected chi connectivity index (χ3v) is 5.26. The van der Waals surface area contributed by atoms with Gasteiger partial charge in [-0.2, -0.15) is 0 Å². The number of benzene rings is 2. The lowest BCUT2D eigenvalue weighted by Crippen LogP contribution is -2.18. The topological polar surface area (TPSA) is 21.3 Å². The molecule has 0 spiro atoms. The molecule has 0 unspecified atom stereocenters. The zero-order valence-electron chi connectivity index (χ0n) is 11.7. The lowest BCUT2D eigenvalue weighted by Gasteiger charge is -2.09. The van der Waals surface area contributed by atoms with Gasteiger partial charge in [-0.05, 0) is 45.8 Å². The Morgan fingerprint density at radius 1 is 1.24 bits per heavy atom. The van der Waals surface area contributed by atoms with Gasteiger partial charge in [0.25, 0.3) is 0 Å². The average molecular weight is 387 g/mol. The molecule has 0 radical (unpaired) electrons. The predicted octanol–water partition coefficient (Wildman–Crippen LogP) is 4.99. The van der Waals surface area contributed by atoms with E-state index >= 15 is 0 Å². The normalized spacial score (nSPS) is 10.8. The van der Waals surface area contributed by atoms with Crippen molar-refractivity contribution >= 4 is 39.3 Å². The highest BCUT2D eigenvalue weighted by atomic mass is 79.9. The third-order valence-electron chi connectivity index (χ3n) is 2.89. The number of hydrogen-bond acceptors (Lipinski definition) is 3. The molecule has 0 bridgehead atoms. The molecule has 21 heavy (non-hydrogen) atoms. The largest absolute Gasteiger partial charge is 0.383 e. The van der Waals surface area contributed by atoms with Crippen LogP contribution in [-0.4, -0.2) is 20.3 Å². The van der Waals surface area contributed by atoms with Gasteiger partial charge in [-0.25, -0.2) is 0 Å². The SMILES string of the molecule is COCCNCc1ccc(Sc2ccccc2Br)cc1Cl. The van der Waals surface area contributed by atoms with E-state index in [1.807, 2.05) is 24.3 Å². The maximum atomic E-state index is 6.35. The maximum absolute atomic E-state index is 6.35. The molecule has 2 nitrogen and oxygen atoms in total. The molecule has 0 saturated carbocycles. The molecule has 0 fully saturated rings. The highest BCUT2D eigenvalue weighted by Crippen LogP contribution is 2.34. The Balaban J connectivity index is 2.00. The molecule has 0 atom stereocenters. The highest BCUT2D eigenvalue weighted by molar-refractivity contribution is 9.10. The number of halogens is 2. The van der Waals surface area contributed by atoms with Crippen LogP contribution in [0.2, 0.25) is 5.02 Å². The van der Waals surface area contributed by atoms with Crippen molar-refractivity contribution in [1.29, 1.82) is 0 Å². The zero-order chi connectivity index (χ0) is 15.1. The van der Waals surface area contributed by atoms with Crippen LogP contribution in [0, 0.1) is 0 Å². The van der Waals surface area contributed by atoms with Gasteiger partial charge < -0.3 is 10.1 Å². The summed E-state index contributed by atoms with van der Waals surface area (Å²) in [6.45, 7) is 2.27. The summed E-state index contributed by atoms with van der Waals surface area (Å²) in [5.41, 5.74) is 1.10. The summed E-state index contributed by atoms with van der Waals surface area (Å²) in [7, 11) is 1.70. The molecule has 0 aliphatic heterocycles. The van der Waals surface area contributed by atoms with Crippen molar-refractivity contribution in [3.63, 3.8) is 0 Å². The van der Waals surface area contributed by atoms with Gasteiger partial charge in [-0.3, -0.25) is 0 Å². The van der Waals surface area contributed by atoms with Gasteiger partial charge in [0, 0.05) is 39.5 Å². The average Bonchev–Trinajstić information content (AvgIpc) is 2.48. The van der Waals surface area contributed by atoms with Crippen molar-refractivity contribution in [1.82, 2.24) is 5.32 Å². The minimum atomic E-state index is 0.702. The van der Waals surface area contributed by atoms with Gasteiger partial charge in [0.05, 0.1) is 6.61 Å². The molecule has 2 aromatic carbocycles. The molecule has 0 saturated heterocycles. The summed E-state index contributed by atoms with van der Waals surface area (Å²) in [6, 6.07) is 14.4. The first-order chi connectivity index (χ1) is 10.2. The van der Waals surface area contributed by atoms with E-state index in [1.54, 1.807) is 18.9 Å². The van der Waals surface area contributed by atoms with Crippen molar-refractivity contribution in [3.05, 3.63) is 57.5 Å². The van der Waals surface area contributed by atoms with Crippen LogP contribution >= 0.6 is 39.3 Å². The Hall–Kier alpha value is -0.520. The molecule has 1 N–H and O–H groups in total. The van der Waals surface area contributed by atoms with E-state index < -0.39 is 0 Å². The fourth-order valence-corrected chi connectivity index (χ4v) is 3.51. The first-order valence-electron chi connectivity index (χ1n) is 6.61. The fourth-order valence-electron chi connectivity index (χ4n) is 1.79. The van der Waals surface area contributed by atoms with Crippen molar-refractivity contribution < 1.29 is 4.74 Å². The fraction of sp³-hybridized carbons (Fsp3) is 0.250. The molecular formula is C16H17BrClNOS. The molecule has 0 aromatic heterocycles. The predicted molar refractivity (Wildman–Crippen MR) is 93.3 cm³/mol. The van der Waals surface area contributed by atoms with Crippen LogP contribution in [0.25, 0.3) is 0 Å². The Labute approximate surface area is 143 Å². The molecule has 5 heteroatoms. The number of rotatable bonds is 7. The monoisotopic (exact) mass is 385 g/mol. The summed E-state index contributed by atoms with van der Waals surface area (Å²) in [5, 5.41) is 4.09. The van der Waals surface area contributed by atoms with Gasteiger partial charge in [0.1, 0.15) is 0 Å². The molecule has 2 rings (SSSR count). The van der Waals surface area contributed by atoms with Crippen LogP contribution in [0.1, 0.15) is 5.56 Å². The van der Waals surface area contributed by atoms with Crippen LogP contribution in [0.15, 0.2) is 56.7 Å². The summed E-state index contributed by atoms with van der Waals surface area (Å²) in [6.07, 6.45) is 0. The second kappa shape index (κ2) is 8.81. The Bertz CT molecular complexity index is 594. The van der Waals surface area contributed by atoms with Crippen LogP contribution in [0.5, 0.6) is 0 Å². The number of methoxy groups -OCH3 is 1. The maximum Gasteiger partial charge on any atom is 0.0587 e. The smallest absolute Gasteiger partial charge is 0.0587 e. The second-order valence-corrected chi connectivity index (χ2v) is 6.83. The lowest BCUT2D eigenvalue weighted by atomic mass is 10.2. The standard InChI is InChI=1S/C16H17BrClNOS/c1-20-9-8-19-11-12-6-7-13(10-15(12)18)21-16-5-3-2-4-14(16)17/h2-7,10,19H,8-9,11H2,1H3. The molecule has 112 valence electrons. The summed E-state index contributed by atoms with van der Waals surface area (Å²) >= 11 is 11.6. The molecular weight excluding hydrogens is 370 g/mol. The van der Waals surface area contributed by atoms with Gasteiger partial charge >= 0.3 is 0 Å². The number of hydrogen-bond donors (Lipinski definition) is 1. The molecule has 0 aliphatic carbocycles. The first-order valence-corrected chi connectivity index (χ1v) is 8.60. The van der Waals surface area contributed by atoms with Crippen molar-refractivity contribution in [2.75, 3.05) is 20.3 Å². The van der Waals surface area contributed by atoms with Crippen LogP contribution in [0.3, 0.4) is 0 Å². The van der Waals surface area contributed by atoms with Gasteiger partial charge in [0.2, 0.25) is 0 Å². The highest BCUT2D eigenvalue weighted by Gasteiger charge is 2.05. The van der Waals surface area contributed by atoms with Crippen molar-refractivity contribution in [2.45, 2.75) is 16.3 Å². The van der Waals surface area contributed by atoms with Crippen molar-refractivity contribution in [2.24, 2.45) is 0 Å². The number of ether oxygens (including phenoxy) is 1. The molecule has 2 aromatic rings. The Kier molecular flexibility index (Phi) is 7.07. The zero-order valence-corrected chi connectivity index (χ0v) is 14.9. The lowest BCUT2D eigenvalue weighted by molar-refractivity contribution is 0.199. The molecule has 0 heterocycles. The number of nitrogens with one attached hydrogen (secondary N) is 1. The third kappa shape index (κ3) is 5.31. The quantitative estimate of drug-likeness (QED) is 0.677. The van der Waals surface area contributed by atoms with Crippen LogP contribution in [0.4, 0.5) is 0 Å². The molecule has 0 aliphatic rings. The van der Waals surface area contributed by atoms with Gasteiger partial charge in [0.15, 0.2) is 0 Å². The van der Waals surface area contributed by atoms with E-state index in [0.29, 0.717) is 6.61 Å². The van der Waals surface area contributed by atoms with E-state index in [2.05, 4.69) is 39.4 Å². The van der Waals surface area contributed by atoms with Gasteiger partial charge in [-0.1, -0.05) is 41.6 Å². The first kappa shape index (κ1) is 16.8. The Morgan fingerprint density at radius 2 is 2.05 bits per heavy atom. The Morgan fingerprint density at radius 3 is 2.76 bits per heavy atom. The van der Waals surface area contributed by atoms with E-state index in [-0.39, 0.29) is 0 Å². The van der Waals surface area contributed by atoms with Crippen molar-refractivity contribution in [3.8, 4) is 0 Å². The summed E-state index contributed by atoms with van der Waals surface area (Å²) in [5.74, 6) is 0. The second-order valence-electron chi connectivity index (χ2n) is 4.46. The minimum absolute atomic E-state index is 0.702. The minimum Gasteiger partial charge on any atom is -0.383 e. The molecule has 0 amide bonds. The summed E-state index contributed by atoms with van der Waals surface area (Å²) in [4.78, 5) is 2.31. The van der Waals surface area contributed by atoms with Crippen LogP contribution in [-0.2, 0) is 11.3 Å². The van der Waals surface area contributed by atoms with E-state index in [0.717, 1.165) is 33.0 Å². The van der Waals surface area contributed by atoms with E-state index in [9.17, 15) is 0 Å². The summed E-state index contributed by atoms with van der Waals surface area (Å²) < 4.78 is 6.10. The van der Waals surface area contributed by atoms with Crippen LogP contribution < -0.4 is 5.32 Å². The van der Waals surface area contributed by atoms with Gasteiger partial charge in [-0.15, -0.1) is 0 Å². The van der Waals surface area contributed by atoms with E-state index in [1.165, 1.54) is 4.90 Å². The van der Waals surface area contributed by atoms with E-state index in [4.69, 9.17) is 16.3 Å².